The Kier molecular flexibility index (Phi) is 2.52. The molecule has 2 N–H and O–H groups in total. The fourth-order valence-electron chi connectivity index (χ4n) is 2.22. The standard InChI is InChI=1S/C11H20N2O/c1-11(4-5-11)10(14)13-6-2-3-9(7-12)8-13/h9H,2-8,12H2,1H3. The molecule has 0 spiro atoms. The molecule has 1 aliphatic carbocycles. The molecule has 0 aromatic rings. The minimum atomic E-state index is -0.00348. The Bertz CT molecular complexity index is 235. The number of rotatable bonds is 2. The van der Waals surface area contributed by atoms with Crippen molar-refractivity contribution in [3.05, 3.63) is 0 Å². The predicted molar refractivity (Wildman–Crippen MR) is 55.7 cm³/mol. The van der Waals surface area contributed by atoms with E-state index in [1.807, 2.05) is 4.90 Å². The van der Waals surface area contributed by atoms with Gasteiger partial charge in [-0.1, -0.05) is 6.92 Å². The van der Waals surface area contributed by atoms with Crippen LogP contribution in [0.25, 0.3) is 0 Å². The van der Waals surface area contributed by atoms with Crippen LogP contribution in [0.1, 0.15) is 32.6 Å². The monoisotopic (exact) mass is 196 g/mol. The van der Waals surface area contributed by atoms with Crippen molar-refractivity contribution in [3.63, 3.8) is 0 Å². The van der Waals surface area contributed by atoms with Gasteiger partial charge in [-0.3, -0.25) is 4.79 Å². The van der Waals surface area contributed by atoms with Gasteiger partial charge < -0.3 is 10.6 Å². The zero-order chi connectivity index (χ0) is 10.2. The van der Waals surface area contributed by atoms with Crippen LogP contribution in [0, 0.1) is 11.3 Å². The van der Waals surface area contributed by atoms with Crippen molar-refractivity contribution in [2.75, 3.05) is 19.6 Å². The first-order valence-electron chi connectivity index (χ1n) is 5.65. The van der Waals surface area contributed by atoms with Gasteiger partial charge >= 0.3 is 0 Å². The smallest absolute Gasteiger partial charge is 0.228 e. The number of carbonyl (C=O) groups excluding carboxylic acids is 1. The number of likely N-dealkylation sites (tertiary alicyclic amines) is 1. The summed E-state index contributed by atoms with van der Waals surface area (Å²) in [7, 11) is 0. The molecule has 2 fully saturated rings. The summed E-state index contributed by atoms with van der Waals surface area (Å²) in [5.41, 5.74) is 5.65. The SMILES string of the molecule is CC1(C(=O)N2CCCC(CN)C2)CC1. The maximum Gasteiger partial charge on any atom is 0.228 e. The predicted octanol–water partition coefficient (Wildman–Crippen LogP) is 0.984. The molecule has 1 unspecified atom stereocenters. The minimum Gasteiger partial charge on any atom is -0.342 e. The summed E-state index contributed by atoms with van der Waals surface area (Å²) in [4.78, 5) is 14.1. The summed E-state index contributed by atoms with van der Waals surface area (Å²) < 4.78 is 0. The zero-order valence-corrected chi connectivity index (χ0v) is 8.96. The van der Waals surface area contributed by atoms with Crippen LogP contribution in [0.2, 0.25) is 0 Å². The minimum absolute atomic E-state index is 0.00348. The Labute approximate surface area is 85.6 Å². The molecular weight excluding hydrogens is 176 g/mol. The first kappa shape index (κ1) is 9.97. The van der Waals surface area contributed by atoms with Gasteiger partial charge in [-0.15, -0.1) is 0 Å². The van der Waals surface area contributed by atoms with Crippen LogP contribution in [0.5, 0.6) is 0 Å². The van der Waals surface area contributed by atoms with E-state index in [1.165, 1.54) is 6.42 Å². The van der Waals surface area contributed by atoms with Crippen molar-refractivity contribution in [1.82, 2.24) is 4.90 Å². The van der Waals surface area contributed by atoms with Gasteiger partial charge in [0.05, 0.1) is 0 Å². The van der Waals surface area contributed by atoms with Crippen molar-refractivity contribution in [2.24, 2.45) is 17.1 Å². The maximum absolute atomic E-state index is 12.0. The van der Waals surface area contributed by atoms with Crippen molar-refractivity contribution in [1.29, 1.82) is 0 Å². The number of nitrogens with zero attached hydrogens (tertiary/aromatic N) is 1. The van der Waals surface area contributed by atoms with E-state index >= 15 is 0 Å². The second-order valence-electron chi connectivity index (χ2n) is 5.06. The first-order chi connectivity index (χ1) is 6.65. The molecule has 1 saturated heterocycles. The second kappa shape index (κ2) is 3.54. The molecular formula is C11H20N2O. The highest BCUT2D eigenvalue weighted by Crippen LogP contribution is 2.46. The number of hydrogen-bond acceptors (Lipinski definition) is 2. The lowest BCUT2D eigenvalue weighted by atomic mass is 9.96. The average Bonchev–Trinajstić information content (AvgIpc) is 2.97. The van der Waals surface area contributed by atoms with E-state index in [9.17, 15) is 4.79 Å². The molecule has 2 aliphatic rings. The van der Waals surface area contributed by atoms with Gasteiger partial charge in [0.1, 0.15) is 0 Å². The van der Waals surface area contributed by atoms with Crippen molar-refractivity contribution in [3.8, 4) is 0 Å². The molecule has 14 heavy (non-hydrogen) atoms. The molecule has 1 aliphatic heterocycles. The molecule has 0 aromatic heterocycles. The molecule has 2 rings (SSSR count). The van der Waals surface area contributed by atoms with Gasteiger partial charge in [0.15, 0.2) is 0 Å². The third-order valence-corrected chi connectivity index (χ3v) is 3.66. The van der Waals surface area contributed by atoms with Gasteiger partial charge in [-0.25, -0.2) is 0 Å². The number of amides is 1. The third-order valence-electron chi connectivity index (χ3n) is 3.66. The molecule has 0 radical (unpaired) electrons. The Hall–Kier alpha value is -0.570. The summed E-state index contributed by atoms with van der Waals surface area (Å²) in [6.45, 7) is 4.65. The van der Waals surface area contributed by atoms with E-state index in [0.717, 1.165) is 38.9 Å². The van der Waals surface area contributed by atoms with Crippen molar-refractivity contribution >= 4 is 5.91 Å². The summed E-state index contributed by atoms with van der Waals surface area (Å²) in [5.74, 6) is 0.908. The van der Waals surface area contributed by atoms with Crippen LogP contribution in [0.4, 0.5) is 0 Å². The van der Waals surface area contributed by atoms with Crippen LogP contribution in [-0.4, -0.2) is 30.4 Å². The fraction of sp³-hybridized carbons (Fsp3) is 0.909. The highest BCUT2D eigenvalue weighted by molar-refractivity contribution is 5.85. The lowest BCUT2D eigenvalue weighted by Gasteiger charge is -2.34. The van der Waals surface area contributed by atoms with Crippen LogP contribution in [-0.2, 0) is 4.79 Å². The third kappa shape index (κ3) is 1.78. The van der Waals surface area contributed by atoms with Gasteiger partial charge in [0, 0.05) is 18.5 Å². The van der Waals surface area contributed by atoms with Gasteiger partial charge in [-0.05, 0) is 38.1 Å². The van der Waals surface area contributed by atoms with Crippen LogP contribution in [0.3, 0.4) is 0 Å². The van der Waals surface area contributed by atoms with Gasteiger partial charge in [0.25, 0.3) is 0 Å². The highest BCUT2D eigenvalue weighted by Gasteiger charge is 2.47. The number of piperidine rings is 1. The quantitative estimate of drug-likeness (QED) is 0.715. The Morgan fingerprint density at radius 2 is 2.29 bits per heavy atom. The molecule has 0 aromatic carbocycles. The molecule has 3 heteroatoms. The molecule has 1 atom stereocenters. The Morgan fingerprint density at radius 3 is 2.86 bits per heavy atom. The molecule has 3 nitrogen and oxygen atoms in total. The van der Waals surface area contributed by atoms with E-state index in [0.29, 0.717) is 11.8 Å². The van der Waals surface area contributed by atoms with E-state index < -0.39 is 0 Å². The lowest BCUT2D eigenvalue weighted by Crippen LogP contribution is -2.44. The maximum atomic E-state index is 12.0. The lowest BCUT2D eigenvalue weighted by molar-refractivity contribution is -0.138. The largest absolute Gasteiger partial charge is 0.342 e. The second-order valence-corrected chi connectivity index (χ2v) is 5.06. The van der Waals surface area contributed by atoms with Crippen LogP contribution >= 0.6 is 0 Å². The van der Waals surface area contributed by atoms with Crippen LogP contribution < -0.4 is 5.73 Å². The van der Waals surface area contributed by atoms with Crippen molar-refractivity contribution < 1.29 is 4.79 Å². The molecule has 0 bridgehead atoms. The van der Waals surface area contributed by atoms with Gasteiger partial charge in [-0.2, -0.15) is 0 Å². The van der Waals surface area contributed by atoms with E-state index in [4.69, 9.17) is 5.73 Å². The summed E-state index contributed by atoms with van der Waals surface area (Å²) >= 11 is 0. The Morgan fingerprint density at radius 1 is 1.57 bits per heavy atom. The summed E-state index contributed by atoms with van der Waals surface area (Å²) in [6, 6.07) is 0. The normalized spacial score (nSPS) is 30.1. The molecule has 1 amide bonds. The number of carbonyl (C=O) groups is 1. The van der Waals surface area contributed by atoms with E-state index in [-0.39, 0.29) is 5.41 Å². The van der Waals surface area contributed by atoms with Crippen LogP contribution in [0.15, 0.2) is 0 Å². The number of nitrogens with two attached hydrogens (primary N) is 1. The fourth-order valence-corrected chi connectivity index (χ4v) is 2.22. The highest BCUT2D eigenvalue weighted by atomic mass is 16.2. The Balaban J connectivity index is 1.93. The van der Waals surface area contributed by atoms with E-state index in [2.05, 4.69) is 6.92 Å². The summed E-state index contributed by atoms with van der Waals surface area (Å²) in [5, 5.41) is 0. The first-order valence-corrected chi connectivity index (χ1v) is 5.65. The number of hydrogen-bond donors (Lipinski definition) is 1. The molecule has 1 heterocycles. The average molecular weight is 196 g/mol. The van der Waals surface area contributed by atoms with E-state index in [1.54, 1.807) is 0 Å². The van der Waals surface area contributed by atoms with Crippen molar-refractivity contribution in [2.45, 2.75) is 32.6 Å². The summed E-state index contributed by atoms with van der Waals surface area (Å²) in [6.07, 6.45) is 4.48. The topological polar surface area (TPSA) is 46.3 Å². The molecule has 80 valence electrons. The molecule has 1 saturated carbocycles. The van der Waals surface area contributed by atoms with Gasteiger partial charge in [0.2, 0.25) is 5.91 Å². The zero-order valence-electron chi connectivity index (χ0n) is 8.96.